The van der Waals surface area contributed by atoms with Gasteiger partial charge in [-0.3, -0.25) is 4.79 Å². The van der Waals surface area contributed by atoms with Gasteiger partial charge in [0.2, 0.25) is 0 Å². The van der Waals surface area contributed by atoms with Crippen LogP contribution >= 0.6 is 0 Å². The number of hydrogen-bond donors (Lipinski definition) is 3. The van der Waals surface area contributed by atoms with Crippen LogP contribution in [0.2, 0.25) is 0 Å². The van der Waals surface area contributed by atoms with E-state index < -0.39 is 0 Å². The lowest BCUT2D eigenvalue weighted by atomic mass is 9.78. The number of anilines is 1. The van der Waals surface area contributed by atoms with E-state index in [9.17, 15) is 9.59 Å². The van der Waals surface area contributed by atoms with Gasteiger partial charge in [0, 0.05) is 23.3 Å². The summed E-state index contributed by atoms with van der Waals surface area (Å²) in [6.45, 7) is 4.45. The van der Waals surface area contributed by atoms with E-state index in [0.717, 1.165) is 25.7 Å². The largest absolute Gasteiger partial charge is 0.349 e. The molecule has 1 aromatic carbocycles. The lowest BCUT2D eigenvalue weighted by Gasteiger charge is -2.34. The Kier molecular flexibility index (Phi) is 5.07. The zero-order chi connectivity index (χ0) is 17.1. The van der Waals surface area contributed by atoms with Crippen LogP contribution in [-0.2, 0) is 0 Å². The van der Waals surface area contributed by atoms with Crippen LogP contribution in [0.15, 0.2) is 24.3 Å². The molecule has 5 heteroatoms. The summed E-state index contributed by atoms with van der Waals surface area (Å²) in [4.78, 5) is 24.4. The summed E-state index contributed by atoms with van der Waals surface area (Å²) >= 11 is 0. The molecule has 2 fully saturated rings. The average Bonchev–Trinajstić information content (AvgIpc) is 3.36. The fourth-order valence-corrected chi connectivity index (χ4v) is 3.36. The Bertz CT molecular complexity index is 612. The van der Waals surface area contributed by atoms with Crippen molar-refractivity contribution in [2.75, 3.05) is 5.32 Å². The van der Waals surface area contributed by atoms with E-state index in [1.165, 1.54) is 6.42 Å². The van der Waals surface area contributed by atoms with Crippen LogP contribution in [0.5, 0.6) is 0 Å². The fraction of sp³-hybridized carbons (Fsp3) is 0.579. The molecule has 2 saturated carbocycles. The van der Waals surface area contributed by atoms with E-state index in [1.54, 1.807) is 24.3 Å². The molecule has 3 amide bonds. The fourth-order valence-electron chi connectivity index (χ4n) is 3.36. The number of carbonyl (C=O) groups excluding carboxylic acids is 2. The molecule has 3 rings (SSSR count). The minimum absolute atomic E-state index is 0.0729. The summed E-state index contributed by atoms with van der Waals surface area (Å²) in [5.74, 6) is 1.05. The third kappa shape index (κ3) is 4.28. The van der Waals surface area contributed by atoms with Gasteiger partial charge >= 0.3 is 6.03 Å². The number of nitrogens with one attached hydrogen (secondary N) is 3. The smallest absolute Gasteiger partial charge is 0.319 e. The standard InChI is InChI=1S/C19H27N3O2/c1-12-5-3-8-17(13(12)2)22-19(24)21-16-7-4-6-14(11-16)18(23)20-15-9-10-15/h4,6-7,11-13,15,17H,3,5,8-10H2,1-2H3,(H,20,23)(H2,21,22,24)/t12-,13-,17+/m1/s1. The molecule has 0 bridgehead atoms. The van der Waals surface area contributed by atoms with Crippen LogP contribution in [0.1, 0.15) is 56.3 Å². The number of carbonyl (C=O) groups is 2. The van der Waals surface area contributed by atoms with Gasteiger partial charge < -0.3 is 16.0 Å². The molecule has 5 nitrogen and oxygen atoms in total. The highest BCUT2D eigenvalue weighted by Crippen LogP contribution is 2.29. The summed E-state index contributed by atoms with van der Waals surface area (Å²) in [6.07, 6.45) is 5.54. The molecule has 0 saturated heterocycles. The zero-order valence-corrected chi connectivity index (χ0v) is 14.5. The Labute approximate surface area is 143 Å². The molecule has 3 atom stereocenters. The molecule has 130 valence electrons. The summed E-state index contributed by atoms with van der Waals surface area (Å²) in [6, 6.07) is 7.45. The molecule has 3 N–H and O–H groups in total. The molecule has 0 spiro atoms. The van der Waals surface area contributed by atoms with Crippen molar-refractivity contribution >= 4 is 17.6 Å². The lowest BCUT2D eigenvalue weighted by Crippen LogP contribution is -2.45. The van der Waals surface area contributed by atoms with Crippen LogP contribution in [0.25, 0.3) is 0 Å². The number of amides is 3. The summed E-state index contributed by atoms with van der Waals surface area (Å²) in [5, 5.41) is 8.91. The second-order valence-electron chi connectivity index (χ2n) is 7.30. The SMILES string of the molecule is C[C@@H]1[C@H](C)CCC[C@@H]1NC(=O)Nc1cccc(C(=O)NC2CC2)c1. The van der Waals surface area contributed by atoms with Crippen LogP contribution < -0.4 is 16.0 Å². The average molecular weight is 329 g/mol. The maximum absolute atomic E-state index is 12.3. The summed E-state index contributed by atoms with van der Waals surface area (Å²) in [5.41, 5.74) is 1.23. The van der Waals surface area contributed by atoms with Crippen molar-refractivity contribution < 1.29 is 9.59 Å². The Morgan fingerprint density at radius 3 is 2.58 bits per heavy atom. The first kappa shape index (κ1) is 16.8. The van der Waals surface area contributed by atoms with Crippen molar-refractivity contribution in [1.82, 2.24) is 10.6 Å². The van der Waals surface area contributed by atoms with Crippen molar-refractivity contribution in [3.05, 3.63) is 29.8 Å². The summed E-state index contributed by atoms with van der Waals surface area (Å²) < 4.78 is 0. The van der Waals surface area contributed by atoms with E-state index in [-0.39, 0.29) is 18.0 Å². The molecule has 1 aromatic rings. The van der Waals surface area contributed by atoms with Gasteiger partial charge in [0.05, 0.1) is 0 Å². The summed E-state index contributed by atoms with van der Waals surface area (Å²) in [7, 11) is 0. The quantitative estimate of drug-likeness (QED) is 0.791. The number of urea groups is 1. The maximum Gasteiger partial charge on any atom is 0.319 e. The molecule has 24 heavy (non-hydrogen) atoms. The Hall–Kier alpha value is -2.04. The molecule has 0 aliphatic heterocycles. The van der Waals surface area contributed by atoms with Gasteiger partial charge in [-0.15, -0.1) is 0 Å². The van der Waals surface area contributed by atoms with E-state index >= 15 is 0 Å². The van der Waals surface area contributed by atoms with E-state index in [2.05, 4.69) is 29.8 Å². The Morgan fingerprint density at radius 2 is 1.83 bits per heavy atom. The molecule has 0 radical (unpaired) electrons. The maximum atomic E-state index is 12.3. The van der Waals surface area contributed by atoms with Crippen LogP contribution in [0, 0.1) is 11.8 Å². The molecule has 0 heterocycles. The van der Waals surface area contributed by atoms with Gasteiger partial charge in [0.1, 0.15) is 0 Å². The van der Waals surface area contributed by atoms with Crippen molar-refractivity contribution in [3.63, 3.8) is 0 Å². The number of rotatable bonds is 4. The lowest BCUT2D eigenvalue weighted by molar-refractivity contribution is 0.0951. The zero-order valence-electron chi connectivity index (χ0n) is 14.5. The Balaban J connectivity index is 1.56. The van der Waals surface area contributed by atoms with Crippen LogP contribution in [-0.4, -0.2) is 24.0 Å². The normalized spacial score (nSPS) is 26.5. The minimum Gasteiger partial charge on any atom is -0.349 e. The van der Waals surface area contributed by atoms with E-state index in [1.807, 2.05) is 0 Å². The van der Waals surface area contributed by atoms with Gasteiger partial charge in [-0.1, -0.05) is 32.8 Å². The monoisotopic (exact) mass is 329 g/mol. The van der Waals surface area contributed by atoms with Gasteiger partial charge in [0.15, 0.2) is 0 Å². The molecule has 2 aliphatic rings. The van der Waals surface area contributed by atoms with Crippen molar-refractivity contribution in [1.29, 1.82) is 0 Å². The number of hydrogen-bond acceptors (Lipinski definition) is 2. The minimum atomic E-state index is -0.194. The molecule has 0 aromatic heterocycles. The van der Waals surface area contributed by atoms with Gasteiger partial charge in [-0.05, 0) is 49.3 Å². The first-order valence-electron chi connectivity index (χ1n) is 9.01. The van der Waals surface area contributed by atoms with Gasteiger partial charge in [-0.25, -0.2) is 4.79 Å². The van der Waals surface area contributed by atoms with Crippen LogP contribution in [0.4, 0.5) is 10.5 Å². The first-order valence-corrected chi connectivity index (χ1v) is 9.01. The third-order valence-electron chi connectivity index (χ3n) is 5.32. The van der Waals surface area contributed by atoms with Gasteiger partial charge in [0.25, 0.3) is 5.91 Å². The topological polar surface area (TPSA) is 70.2 Å². The third-order valence-corrected chi connectivity index (χ3v) is 5.32. The van der Waals surface area contributed by atoms with Crippen LogP contribution in [0.3, 0.4) is 0 Å². The highest BCUT2D eigenvalue weighted by molar-refractivity contribution is 5.97. The number of benzene rings is 1. The van der Waals surface area contributed by atoms with Gasteiger partial charge in [-0.2, -0.15) is 0 Å². The predicted molar refractivity (Wildman–Crippen MR) is 95.1 cm³/mol. The second-order valence-corrected chi connectivity index (χ2v) is 7.30. The second kappa shape index (κ2) is 7.24. The highest BCUT2D eigenvalue weighted by Gasteiger charge is 2.28. The van der Waals surface area contributed by atoms with Crippen molar-refractivity contribution in [2.24, 2.45) is 11.8 Å². The Morgan fingerprint density at radius 1 is 1.04 bits per heavy atom. The molecule has 2 aliphatic carbocycles. The highest BCUT2D eigenvalue weighted by atomic mass is 16.2. The van der Waals surface area contributed by atoms with Crippen molar-refractivity contribution in [2.45, 2.75) is 58.0 Å². The molecular weight excluding hydrogens is 302 g/mol. The molecule has 0 unspecified atom stereocenters. The van der Waals surface area contributed by atoms with E-state index in [0.29, 0.717) is 29.1 Å². The van der Waals surface area contributed by atoms with E-state index in [4.69, 9.17) is 0 Å². The molecular formula is C19H27N3O2. The first-order chi connectivity index (χ1) is 11.5. The van der Waals surface area contributed by atoms with Crippen molar-refractivity contribution in [3.8, 4) is 0 Å². The predicted octanol–water partition coefficient (Wildman–Crippen LogP) is 3.53.